The van der Waals surface area contributed by atoms with E-state index in [0.29, 0.717) is 23.5 Å². The van der Waals surface area contributed by atoms with Gasteiger partial charge >= 0.3 is 0 Å². The maximum Gasteiger partial charge on any atom is 0.266 e. The van der Waals surface area contributed by atoms with E-state index < -0.39 is 9.84 Å². The fourth-order valence-corrected chi connectivity index (χ4v) is 5.16. The van der Waals surface area contributed by atoms with E-state index in [9.17, 15) is 8.42 Å². The molecule has 0 spiro atoms. The van der Waals surface area contributed by atoms with Crippen LogP contribution in [0.3, 0.4) is 0 Å². The van der Waals surface area contributed by atoms with Crippen LogP contribution in [-0.2, 0) is 9.84 Å². The SMILES string of the molecule is Cc1ccc(S(=O)(=O)c2nc(-c3ccco3)oc2N2C[C@@H](C)C[C@H](C)C2)cc1. The van der Waals surface area contributed by atoms with Crippen molar-refractivity contribution in [2.45, 2.75) is 37.1 Å². The fraction of sp³-hybridized carbons (Fsp3) is 0.381. The maximum absolute atomic E-state index is 13.4. The average Bonchev–Trinajstić information content (AvgIpc) is 3.31. The van der Waals surface area contributed by atoms with Crippen LogP contribution in [0.1, 0.15) is 25.8 Å². The lowest BCUT2D eigenvalue weighted by Gasteiger charge is -2.34. The first kappa shape index (κ1) is 18.8. The molecule has 28 heavy (non-hydrogen) atoms. The number of hydrogen-bond donors (Lipinski definition) is 0. The van der Waals surface area contributed by atoms with E-state index >= 15 is 0 Å². The number of oxazole rings is 1. The molecule has 1 aromatic carbocycles. The largest absolute Gasteiger partial charge is 0.459 e. The van der Waals surface area contributed by atoms with Crippen molar-refractivity contribution in [2.24, 2.45) is 11.8 Å². The standard InChI is InChI=1S/C21H24N2O4S/c1-14-6-8-17(9-7-14)28(24,25)20-21(23-12-15(2)11-16(3)13-23)27-19(22-20)18-5-4-10-26-18/h4-10,15-16H,11-13H2,1-3H3/t15-,16-/m0/s1. The van der Waals surface area contributed by atoms with E-state index in [-0.39, 0.29) is 15.8 Å². The molecule has 4 rings (SSSR count). The number of aromatic nitrogens is 1. The minimum Gasteiger partial charge on any atom is -0.459 e. The molecule has 0 N–H and O–H groups in total. The summed E-state index contributed by atoms with van der Waals surface area (Å²) in [6, 6.07) is 10.2. The Kier molecular flexibility index (Phi) is 4.79. The molecule has 3 aromatic rings. The molecule has 0 aliphatic carbocycles. The van der Waals surface area contributed by atoms with Crippen molar-refractivity contribution >= 4 is 15.7 Å². The summed E-state index contributed by atoms with van der Waals surface area (Å²) in [5.74, 6) is 1.76. The number of anilines is 1. The van der Waals surface area contributed by atoms with E-state index in [4.69, 9.17) is 8.83 Å². The second-order valence-electron chi connectivity index (χ2n) is 7.77. The zero-order valence-corrected chi connectivity index (χ0v) is 17.1. The van der Waals surface area contributed by atoms with Gasteiger partial charge in [-0.05, 0) is 49.4 Å². The van der Waals surface area contributed by atoms with Crippen molar-refractivity contribution in [3.63, 3.8) is 0 Å². The molecular formula is C21H24N2O4S. The maximum atomic E-state index is 13.4. The van der Waals surface area contributed by atoms with Gasteiger partial charge in [-0.3, -0.25) is 0 Å². The van der Waals surface area contributed by atoms with Gasteiger partial charge in [0.25, 0.3) is 5.89 Å². The summed E-state index contributed by atoms with van der Waals surface area (Å²) in [5.41, 5.74) is 0.995. The number of benzene rings is 1. The number of piperidine rings is 1. The van der Waals surface area contributed by atoms with E-state index in [1.165, 1.54) is 6.26 Å². The minimum atomic E-state index is -3.83. The second-order valence-corrected chi connectivity index (χ2v) is 9.64. The fourth-order valence-electron chi connectivity index (χ4n) is 3.84. The topological polar surface area (TPSA) is 76.5 Å². The summed E-state index contributed by atoms with van der Waals surface area (Å²) in [6.07, 6.45) is 2.62. The number of hydrogen-bond acceptors (Lipinski definition) is 6. The van der Waals surface area contributed by atoms with Crippen LogP contribution in [-0.4, -0.2) is 26.5 Å². The molecular weight excluding hydrogens is 376 g/mol. The van der Waals surface area contributed by atoms with Gasteiger partial charge in [0.15, 0.2) is 5.76 Å². The lowest BCUT2D eigenvalue weighted by atomic mass is 9.92. The van der Waals surface area contributed by atoms with Crippen molar-refractivity contribution in [3.8, 4) is 11.7 Å². The van der Waals surface area contributed by atoms with Gasteiger partial charge in [-0.15, -0.1) is 0 Å². The Morgan fingerprint density at radius 3 is 2.36 bits per heavy atom. The summed E-state index contributed by atoms with van der Waals surface area (Å²) in [5, 5.41) is -0.0518. The zero-order chi connectivity index (χ0) is 19.9. The molecule has 0 bridgehead atoms. The first-order valence-corrected chi connectivity index (χ1v) is 10.9. The molecule has 0 amide bonds. The highest BCUT2D eigenvalue weighted by Gasteiger charge is 2.34. The van der Waals surface area contributed by atoms with Gasteiger partial charge in [-0.1, -0.05) is 31.5 Å². The van der Waals surface area contributed by atoms with Crippen LogP contribution in [0.5, 0.6) is 0 Å². The van der Waals surface area contributed by atoms with Crippen LogP contribution in [0.15, 0.2) is 61.4 Å². The highest BCUT2D eigenvalue weighted by molar-refractivity contribution is 7.91. The van der Waals surface area contributed by atoms with E-state index in [2.05, 4.69) is 18.8 Å². The van der Waals surface area contributed by atoms with Gasteiger partial charge in [0.2, 0.25) is 20.7 Å². The van der Waals surface area contributed by atoms with E-state index in [0.717, 1.165) is 25.1 Å². The molecule has 0 radical (unpaired) electrons. The third kappa shape index (κ3) is 3.46. The quantitative estimate of drug-likeness (QED) is 0.639. The Labute approximate surface area is 165 Å². The summed E-state index contributed by atoms with van der Waals surface area (Å²) in [7, 11) is -3.83. The molecule has 6 nitrogen and oxygen atoms in total. The lowest BCUT2D eigenvalue weighted by Crippen LogP contribution is -2.39. The molecule has 1 aliphatic heterocycles. The Hall–Kier alpha value is -2.54. The van der Waals surface area contributed by atoms with Crippen LogP contribution in [0.4, 0.5) is 5.88 Å². The molecule has 148 valence electrons. The Morgan fingerprint density at radius 1 is 1.07 bits per heavy atom. The van der Waals surface area contributed by atoms with Crippen molar-refractivity contribution < 1.29 is 17.3 Å². The summed E-state index contributed by atoms with van der Waals surface area (Å²) >= 11 is 0. The number of aryl methyl sites for hydroxylation is 1. The van der Waals surface area contributed by atoms with Gasteiger partial charge < -0.3 is 13.7 Å². The third-order valence-electron chi connectivity index (χ3n) is 5.05. The van der Waals surface area contributed by atoms with Gasteiger partial charge in [0.05, 0.1) is 11.2 Å². The summed E-state index contributed by atoms with van der Waals surface area (Å²) < 4.78 is 38.1. The Balaban J connectivity index is 1.84. The van der Waals surface area contributed by atoms with Crippen molar-refractivity contribution in [1.29, 1.82) is 0 Å². The first-order valence-electron chi connectivity index (χ1n) is 9.46. The van der Waals surface area contributed by atoms with E-state index in [1.54, 1.807) is 36.4 Å². The number of nitrogens with zero attached hydrogens (tertiary/aromatic N) is 2. The number of rotatable bonds is 4. The average molecular weight is 401 g/mol. The molecule has 3 heterocycles. The normalized spacial score (nSPS) is 20.5. The predicted molar refractivity (Wildman–Crippen MR) is 106 cm³/mol. The summed E-state index contributed by atoms with van der Waals surface area (Å²) in [6.45, 7) is 7.71. The molecule has 2 atom stereocenters. The van der Waals surface area contributed by atoms with Gasteiger partial charge in [0, 0.05) is 13.1 Å². The Morgan fingerprint density at radius 2 is 1.75 bits per heavy atom. The Bertz CT molecular complexity index is 1040. The highest BCUT2D eigenvalue weighted by atomic mass is 32.2. The van der Waals surface area contributed by atoms with Crippen LogP contribution in [0, 0.1) is 18.8 Å². The molecule has 1 aliphatic rings. The predicted octanol–water partition coefficient (Wildman–Crippen LogP) is 4.56. The van der Waals surface area contributed by atoms with Crippen LogP contribution < -0.4 is 4.90 Å². The van der Waals surface area contributed by atoms with Crippen molar-refractivity contribution in [3.05, 3.63) is 48.2 Å². The molecule has 0 saturated carbocycles. The van der Waals surface area contributed by atoms with Gasteiger partial charge in [-0.2, -0.15) is 4.98 Å². The smallest absolute Gasteiger partial charge is 0.266 e. The zero-order valence-electron chi connectivity index (χ0n) is 16.3. The summed E-state index contributed by atoms with van der Waals surface area (Å²) in [4.78, 5) is 6.56. The van der Waals surface area contributed by atoms with E-state index in [1.807, 2.05) is 11.8 Å². The van der Waals surface area contributed by atoms with Crippen molar-refractivity contribution in [2.75, 3.05) is 18.0 Å². The van der Waals surface area contributed by atoms with Crippen molar-refractivity contribution in [1.82, 2.24) is 4.98 Å². The molecule has 0 unspecified atom stereocenters. The van der Waals surface area contributed by atoms with Crippen LogP contribution in [0.25, 0.3) is 11.7 Å². The first-order chi connectivity index (χ1) is 13.3. The monoisotopic (exact) mass is 400 g/mol. The number of sulfone groups is 1. The molecule has 1 fully saturated rings. The second kappa shape index (κ2) is 7.13. The lowest BCUT2D eigenvalue weighted by molar-refractivity contribution is 0.342. The minimum absolute atomic E-state index is 0.0518. The molecule has 2 aromatic heterocycles. The number of furan rings is 1. The van der Waals surface area contributed by atoms with Gasteiger partial charge in [0.1, 0.15) is 0 Å². The third-order valence-corrected chi connectivity index (χ3v) is 6.72. The van der Waals surface area contributed by atoms with Gasteiger partial charge in [-0.25, -0.2) is 8.42 Å². The van der Waals surface area contributed by atoms with Crippen LogP contribution >= 0.6 is 0 Å². The van der Waals surface area contributed by atoms with Crippen LogP contribution in [0.2, 0.25) is 0 Å². The molecule has 7 heteroatoms. The molecule has 1 saturated heterocycles. The highest BCUT2D eigenvalue weighted by Crippen LogP contribution is 2.37.